The summed E-state index contributed by atoms with van der Waals surface area (Å²) in [6.07, 6.45) is 13.4. The van der Waals surface area contributed by atoms with E-state index in [1.54, 1.807) is 6.08 Å². The second-order valence-corrected chi connectivity index (χ2v) is 26.1. The fourth-order valence-corrected chi connectivity index (χ4v) is 12.6. The SMILES string of the molecule is CC12CCC(O[Si](C)(C)C(C)(C)C)CC1CCC1C2CCC2(C)CC(C3=CC(=O)OC3)CC12O[Si](C)(C)C. The number of carbonyl (C=O) groups excluding carboxylic acids is 1. The molecule has 5 rings (SSSR count). The molecule has 0 bridgehead atoms. The molecule has 1 heterocycles. The molecule has 4 aliphatic carbocycles. The molecule has 0 aromatic carbocycles. The van der Waals surface area contributed by atoms with Gasteiger partial charge in [0, 0.05) is 12.2 Å². The van der Waals surface area contributed by atoms with Gasteiger partial charge in [-0.2, -0.15) is 0 Å². The summed E-state index contributed by atoms with van der Waals surface area (Å²) in [5.41, 5.74) is 1.72. The molecule has 0 spiro atoms. The highest BCUT2D eigenvalue weighted by atomic mass is 28.4. The molecule has 38 heavy (non-hydrogen) atoms. The fraction of sp³-hybridized carbons (Fsp3) is 0.906. The molecule has 4 nitrogen and oxygen atoms in total. The van der Waals surface area contributed by atoms with Gasteiger partial charge in [0.2, 0.25) is 0 Å². The molecular formula is C32H56O4Si2. The Labute approximate surface area is 235 Å². The van der Waals surface area contributed by atoms with Gasteiger partial charge in [-0.15, -0.1) is 0 Å². The van der Waals surface area contributed by atoms with Crippen LogP contribution in [0.5, 0.6) is 0 Å². The summed E-state index contributed by atoms with van der Waals surface area (Å²) in [6.45, 7) is 24.8. The molecule has 8 unspecified atom stereocenters. The van der Waals surface area contributed by atoms with Gasteiger partial charge in [0.1, 0.15) is 6.61 Å². The van der Waals surface area contributed by atoms with Crippen molar-refractivity contribution in [2.45, 2.75) is 142 Å². The van der Waals surface area contributed by atoms with Gasteiger partial charge in [0.15, 0.2) is 16.6 Å². The van der Waals surface area contributed by atoms with Gasteiger partial charge in [0.05, 0.1) is 5.60 Å². The lowest BCUT2D eigenvalue weighted by Crippen LogP contribution is -2.64. The average molecular weight is 561 g/mol. The van der Waals surface area contributed by atoms with E-state index in [-0.39, 0.29) is 22.0 Å². The van der Waals surface area contributed by atoms with E-state index < -0.39 is 16.6 Å². The molecule has 0 saturated heterocycles. The number of cyclic esters (lactones) is 1. The fourth-order valence-electron chi connectivity index (χ4n) is 9.61. The summed E-state index contributed by atoms with van der Waals surface area (Å²) in [5.74, 6) is 2.38. The summed E-state index contributed by atoms with van der Waals surface area (Å²) < 4.78 is 19.9. The Morgan fingerprint density at radius 3 is 2.26 bits per heavy atom. The van der Waals surface area contributed by atoms with Crippen molar-refractivity contribution in [3.8, 4) is 0 Å². The maximum Gasteiger partial charge on any atom is 0.331 e. The minimum Gasteiger partial charge on any atom is -0.458 e. The Balaban J connectivity index is 1.42. The lowest BCUT2D eigenvalue weighted by Gasteiger charge is -2.65. The van der Waals surface area contributed by atoms with Gasteiger partial charge in [-0.3, -0.25) is 0 Å². The third kappa shape index (κ3) is 4.75. The Kier molecular flexibility index (Phi) is 7.10. The number of ether oxygens (including phenoxy) is 1. The zero-order valence-electron chi connectivity index (χ0n) is 26.2. The topological polar surface area (TPSA) is 44.8 Å². The minimum absolute atomic E-state index is 0.0694. The molecule has 1 aliphatic heterocycles. The molecule has 0 aromatic rings. The van der Waals surface area contributed by atoms with E-state index in [1.807, 2.05) is 0 Å². The molecule has 4 saturated carbocycles. The first-order chi connectivity index (χ1) is 17.4. The molecule has 8 atom stereocenters. The number of hydrogen-bond donors (Lipinski definition) is 0. The third-order valence-electron chi connectivity index (χ3n) is 12.5. The first-order valence-electron chi connectivity index (χ1n) is 15.6. The van der Waals surface area contributed by atoms with Crippen LogP contribution in [0.1, 0.15) is 92.4 Å². The van der Waals surface area contributed by atoms with Gasteiger partial charge in [-0.05, 0) is 136 Å². The van der Waals surface area contributed by atoms with E-state index in [4.69, 9.17) is 13.6 Å². The van der Waals surface area contributed by atoms with Crippen molar-refractivity contribution in [3.05, 3.63) is 11.6 Å². The van der Waals surface area contributed by atoms with E-state index >= 15 is 0 Å². The number of hydrogen-bond acceptors (Lipinski definition) is 4. The summed E-state index contributed by atoms with van der Waals surface area (Å²) in [7, 11) is -3.56. The summed E-state index contributed by atoms with van der Waals surface area (Å²) in [5, 5.41) is 0.267. The van der Waals surface area contributed by atoms with Crippen LogP contribution in [0.4, 0.5) is 0 Å². The summed E-state index contributed by atoms with van der Waals surface area (Å²) in [6, 6.07) is 0. The maximum atomic E-state index is 12.0. The normalized spacial score (nSPS) is 43.7. The largest absolute Gasteiger partial charge is 0.458 e. The zero-order valence-corrected chi connectivity index (χ0v) is 28.2. The van der Waals surface area contributed by atoms with E-state index in [9.17, 15) is 4.79 Å². The van der Waals surface area contributed by atoms with Crippen molar-refractivity contribution in [1.29, 1.82) is 0 Å². The van der Waals surface area contributed by atoms with Crippen LogP contribution < -0.4 is 0 Å². The Hall–Kier alpha value is -0.436. The van der Waals surface area contributed by atoms with E-state index in [2.05, 4.69) is 67.4 Å². The van der Waals surface area contributed by atoms with Crippen molar-refractivity contribution in [2.24, 2.45) is 34.5 Å². The highest BCUT2D eigenvalue weighted by Crippen LogP contribution is 2.71. The number of rotatable bonds is 5. The molecule has 0 radical (unpaired) electrons. The monoisotopic (exact) mass is 560 g/mol. The van der Waals surface area contributed by atoms with E-state index in [0.717, 1.165) is 24.7 Å². The van der Waals surface area contributed by atoms with Crippen molar-refractivity contribution >= 4 is 22.6 Å². The van der Waals surface area contributed by atoms with Crippen LogP contribution in [0.25, 0.3) is 0 Å². The highest BCUT2D eigenvalue weighted by molar-refractivity contribution is 6.74. The quantitative estimate of drug-likeness (QED) is 0.250. The summed E-state index contributed by atoms with van der Waals surface area (Å²) in [4.78, 5) is 12.0. The van der Waals surface area contributed by atoms with Crippen LogP contribution in [0.2, 0.25) is 37.8 Å². The first kappa shape index (κ1) is 29.1. The average Bonchev–Trinajstić information content (AvgIpc) is 3.32. The Morgan fingerprint density at radius 2 is 1.66 bits per heavy atom. The lowest BCUT2D eigenvalue weighted by molar-refractivity contribution is -0.193. The van der Waals surface area contributed by atoms with Crippen LogP contribution in [0.3, 0.4) is 0 Å². The van der Waals surface area contributed by atoms with E-state index in [1.165, 1.54) is 50.5 Å². The van der Waals surface area contributed by atoms with Crippen LogP contribution >= 0.6 is 0 Å². The van der Waals surface area contributed by atoms with Gasteiger partial charge >= 0.3 is 5.97 Å². The first-order valence-corrected chi connectivity index (χ1v) is 22.0. The highest BCUT2D eigenvalue weighted by Gasteiger charge is 2.68. The van der Waals surface area contributed by atoms with Crippen LogP contribution in [-0.4, -0.2) is 40.9 Å². The van der Waals surface area contributed by atoms with Gasteiger partial charge in [0.25, 0.3) is 0 Å². The van der Waals surface area contributed by atoms with Crippen molar-refractivity contribution in [3.63, 3.8) is 0 Å². The number of fused-ring (bicyclic) bond motifs is 5. The Morgan fingerprint density at radius 1 is 0.947 bits per heavy atom. The molecule has 5 aliphatic rings. The second kappa shape index (κ2) is 9.29. The van der Waals surface area contributed by atoms with Crippen LogP contribution in [-0.2, 0) is 18.4 Å². The standard InChI is InChI=1S/C32H56O4Si2/c1-29(2,3)38(9,10)35-25-13-16-31(5)24(18-25)11-12-27-26(31)14-15-30(4)19-23(22-17-28(33)34-21-22)20-32(27,30)36-37(6,7)8/h17,23-27H,11-16,18-21H2,1-10H3. The van der Waals surface area contributed by atoms with Crippen molar-refractivity contribution in [1.82, 2.24) is 0 Å². The van der Waals surface area contributed by atoms with Gasteiger partial charge < -0.3 is 13.6 Å². The third-order valence-corrected chi connectivity index (χ3v) is 18.0. The predicted molar refractivity (Wildman–Crippen MR) is 160 cm³/mol. The van der Waals surface area contributed by atoms with Crippen LogP contribution in [0.15, 0.2) is 11.6 Å². The lowest BCUT2D eigenvalue weighted by atomic mass is 9.44. The molecule has 0 aromatic heterocycles. The number of carbonyl (C=O) groups is 1. The molecule has 0 amide bonds. The molecule has 6 heteroatoms. The van der Waals surface area contributed by atoms with Gasteiger partial charge in [-0.25, -0.2) is 4.79 Å². The smallest absolute Gasteiger partial charge is 0.331 e. The molecule has 216 valence electrons. The van der Waals surface area contributed by atoms with Gasteiger partial charge in [-0.1, -0.05) is 34.6 Å². The minimum atomic E-state index is -1.80. The summed E-state index contributed by atoms with van der Waals surface area (Å²) >= 11 is 0. The molecule has 4 fully saturated rings. The number of esters is 1. The van der Waals surface area contributed by atoms with Crippen molar-refractivity contribution < 1.29 is 18.4 Å². The second-order valence-electron chi connectivity index (χ2n) is 16.9. The van der Waals surface area contributed by atoms with Crippen LogP contribution in [0, 0.1) is 34.5 Å². The van der Waals surface area contributed by atoms with Crippen molar-refractivity contribution in [2.75, 3.05) is 6.61 Å². The molecule has 0 N–H and O–H groups in total. The zero-order chi connectivity index (χ0) is 27.9. The maximum absolute atomic E-state index is 12.0. The Bertz CT molecular complexity index is 977. The predicted octanol–water partition coefficient (Wildman–Crippen LogP) is 8.49. The molecular weight excluding hydrogens is 505 g/mol. The van der Waals surface area contributed by atoms with E-state index in [0.29, 0.717) is 30.0 Å².